The molecular formula is C21H34O. The van der Waals surface area contributed by atoms with Crippen molar-refractivity contribution < 1.29 is 4.79 Å². The highest BCUT2D eigenvalue weighted by molar-refractivity contribution is 5.79. The van der Waals surface area contributed by atoms with E-state index in [4.69, 9.17) is 0 Å². The van der Waals surface area contributed by atoms with Crippen molar-refractivity contribution in [2.24, 2.45) is 39.9 Å². The van der Waals surface area contributed by atoms with Gasteiger partial charge >= 0.3 is 0 Å². The maximum absolute atomic E-state index is 12.2. The van der Waals surface area contributed by atoms with Crippen LogP contribution in [0.15, 0.2) is 0 Å². The number of carbonyl (C=O) groups excluding carboxylic acids is 1. The lowest BCUT2D eigenvalue weighted by molar-refractivity contribution is -0.125. The largest absolute Gasteiger partial charge is 0.300 e. The first-order valence-corrected chi connectivity index (χ1v) is 9.99. The average Bonchev–Trinajstić information content (AvgIpc) is 2.76. The predicted octanol–water partition coefficient (Wildman–Crippen LogP) is 5.62. The molecule has 0 saturated heterocycles. The molecule has 4 fully saturated rings. The molecule has 7 atom stereocenters. The summed E-state index contributed by atoms with van der Waals surface area (Å²) in [5, 5.41) is 0. The zero-order chi connectivity index (χ0) is 15.8. The molecule has 4 saturated carbocycles. The Kier molecular flexibility index (Phi) is 3.18. The maximum atomic E-state index is 12.2. The van der Waals surface area contributed by atoms with Crippen molar-refractivity contribution >= 4 is 5.78 Å². The summed E-state index contributed by atoms with van der Waals surface area (Å²) in [6, 6.07) is 0. The second kappa shape index (κ2) is 4.61. The molecule has 0 radical (unpaired) electrons. The van der Waals surface area contributed by atoms with Crippen LogP contribution in [0.2, 0.25) is 0 Å². The van der Waals surface area contributed by atoms with Gasteiger partial charge in [-0.1, -0.05) is 33.6 Å². The molecule has 0 amide bonds. The number of Topliss-reactive ketones (excluding diaryl/α,β-unsaturated/α-hetero) is 1. The van der Waals surface area contributed by atoms with E-state index < -0.39 is 0 Å². The zero-order valence-corrected chi connectivity index (χ0v) is 15.1. The van der Waals surface area contributed by atoms with E-state index in [2.05, 4.69) is 20.8 Å². The minimum Gasteiger partial charge on any atom is -0.300 e. The SMILES string of the molecule is CCCC12C(CC)CCC13C1CCC(C(C)=O)C1(C)CCC23. The van der Waals surface area contributed by atoms with Gasteiger partial charge in [0.25, 0.3) is 0 Å². The lowest BCUT2D eigenvalue weighted by Crippen LogP contribution is -2.40. The van der Waals surface area contributed by atoms with E-state index in [0.717, 1.165) is 17.8 Å². The van der Waals surface area contributed by atoms with Gasteiger partial charge in [-0.3, -0.25) is 4.79 Å². The Labute approximate surface area is 136 Å². The van der Waals surface area contributed by atoms with Crippen LogP contribution < -0.4 is 0 Å². The number of hydrogen-bond acceptors (Lipinski definition) is 1. The third-order valence-electron chi connectivity index (χ3n) is 9.24. The summed E-state index contributed by atoms with van der Waals surface area (Å²) in [7, 11) is 0. The molecule has 0 aromatic rings. The van der Waals surface area contributed by atoms with E-state index in [1.54, 1.807) is 0 Å². The maximum Gasteiger partial charge on any atom is 0.133 e. The summed E-state index contributed by atoms with van der Waals surface area (Å²) in [4.78, 5) is 12.2. The van der Waals surface area contributed by atoms with Gasteiger partial charge in [-0.05, 0) is 85.9 Å². The quantitative estimate of drug-likeness (QED) is 0.658. The summed E-state index contributed by atoms with van der Waals surface area (Å²) >= 11 is 0. The van der Waals surface area contributed by atoms with Gasteiger partial charge < -0.3 is 0 Å². The van der Waals surface area contributed by atoms with E-state index in [1.807, 2.05) is 6.92 Å². The van der Waals surface area contributed by atoms with Gasteiger partial charge in [0.05, 0.1) is 0 Å². The van der Waals surface area contributed by atoms with E-state index in [9.17, 15) is 4.79 Å². The van der Waals surface area contributed by atoms with Gasteiger partial charge in [-0.2, -0.15) is 0 Å². The Hall–Kier alpha value is -0.330. The van der Waals surface area contributed by atoms with Crippen LogP contribution in [-0.2, 0) is 4.79 Å². The third kappa shape index (κ3) is 1.41. The first kappa shape index (κ1) is 15.2. The van der Waals surface area contributed by atoms with E-state index in [1.165, 1.54) is 57.8 Å². The Balaban J connectivity index is 1.74. The van der Waals surface area contributed by atoms with E-state index >= 15 is 0 Å². The van der Waals surface area contributed by atoms with Gasteiger partial charge in [0, 0.05) is 5.92 Å². The molecule has 0 heterocycles. The molecule has 1 heteroatoms. The van der Waals surface area contributed by atoms with Crippen molar-refractivity contribution in [3.8, 4) is 0 Å². The highest BCUT2D eigenvalue weighted by Gasteiger charge is 2.85. The predicted molar refractivity (Wildman–Crippen MR) is 90.5 cm³/mol. The second-order valence-electron chi connectivity index (χ2n) is 9.36. The highest BCUT2D eigenvalue weighted by atomic mass is 16.1. The highest BCUT2D eigenvalue weighted by Crippen LogP contribution is 2.90. The summed E-state index contributed by atoms with van der Waals surface area (Å²) < 4.78 is 0. The van der Waals surface area contributed by atoms with Crippen LogP contribution in [-0.4, -0.2) is 5.78 Å². The Morgan fingerprint density at radius 1 is 1.05 bits per heavy atom. The molecule has 0 aliphatic heterocycles. The molecule has 22 heavy (non-hydrogen) atoms. The molecule has 4 aliphatic rings. The fourth-order valence-corrected chi connectivity index (χ4v) is 8.89. The van der Waals surface area contributed by atoms with Gasteiger partial charge in [-0.25, -0.2) is 0 Å². The second-order valence-corrected chi connectivity index (χ2v) is 9.36. The fourth-order valence-electron chi connectivity index (χ4n) is 8.89. The molecule has 7 unspecified atom stereocenters. The van der Waals surface area contributed by atoms with Crippen molar-refractivity contribution in [2.45, 2.75) is 85.5 Å². The van der Waals surface area contributed by atoms with Crippen LogP contribution >= 0.6 is 0 Å². The topological polar surface area (TPSA) is 17.1 Å². The number of hydrogen-bond donors (Lipinski definition) is 0. The number of ketones is 1. The lowest BCUT2D eigenvalue weighted by atomic mass is 9.59. The molecule has 0 bridgehead atoms. The summed E-state index contributed by atoms with van der Waals surface area (Å²) in [6.45, 7) is 9.18. The first-order valence-electron chi connectivity index (χ1n) is 9.99. The van der Waals surface area contributed by atoms with Crippen LogP contribution in [0.5, 0.6) is 0 Å². The molecule has 1 nitrogen and oxygen atoms in total. The van der Waals surface area contributed by atoms with Gasteiger partial charge in [-0.15, -0.1) is 0 Å². The Morgan fingerprint density at radius 2 is 1.82 bits per heavy atom. The first-order chi connectivity index (χ1) is 10.5. The molecule has 4 aliphatic carbocycles. The van der Waals surface area contributed by atoms with Crippen molar-refractivity contribution in [1.82, 2.24) is 0 Å². The van der Waals surface area contributed by atoms with Gasteiger partial charge in [0.15, 0.2) is 0 Å². The molecule has 0 aromatic carbocycles. The van der Waals surface area contributed by atoms with Crippen molar-refractivity contribution in [3.63, 3.8) is 0 Å². The molecule has 0 aromatic heterocycles. The molecule has 124 valence electrons. The lowest BCUT2D eigenvalue weighted by Gasteiger charge is -2.44. The van der Waals surface area contributed by atoms with Crippen molar-refractivity contribution in [2.75, 3.05) is 0 Å². The smallest absolute Gasteiger partial charge is 0.133 e. The third-order valence-corrected chi connectivity index (χ3v) is 9.24. The standard InChI is InChI=1S/C21H34O/c1-5-11-20-15(6-2)9-13-21(20)17-8-7-16(14(3)22)19(17,4)12-10-18(20)21/h15-18H,5-13H2,1-4H3. The molecular weight excluding hydrogens is 268 g/mol. The number of rotatable bonds is 4. The van der Waals surface area contributed by atoms with E-state index in [-0.39, 0.29) is 0 Å². The van der Waals surface area contributed by atoms with Crippen LogP contribution in [0.4, 0.5) is 0 Å². The molecule has 4 rings (SSSR count). The molecule has 0 N–H and O–H groups in total. The Morgan fingerprint density at radius 3 is 2.45 bits per heavy atom. The minimum absolute atomic E-state index is 0.334. The Bertz CT molecular complexity index is 496. The van der Waals surface area contributed by atoms with Gasteiger partial charge in [0.2, 0.25) is 0 Å². The van der Waals surface area contributed by atoms with Gasteiger partial charge in [0.1, 0.15) is 5.78 Å². The zero-order valence-electron chi connectivity index (χ0n) is 15.1. The van der Waals surface area contributed by atoms with Crippen molar-refractivity contribution in [1.29, 1.82) is 0 Å². The fraction of sp³-hybridized carbons (Fsp3) is 0.952. The van der Waals surface area contributed by atoms with Crippen molar-refractivity contribution in [3.05, 3.63) is 0 Å². The summed E-state index contributed by atoms with van der Waals surface area (Å²) in [5.41, 5.74) is 1.67. The minimum atomic E-state index is 0.334. The number of fused-ring (bicyclic) bond motifs is 2. The normalized spacial score (nSPS) is 55.5. The molecule has 1 spiro atoms. The van der Waals surface area contributed by atoms with Crippen LogP contribution in [0, 0.1) is 39.9 Å². The van der Waals surface area contributed by atoms with Crippen LogP contribution in [0.1, 0.15) is 85.5 Å². The van der Waals surface area contributed by atoms with E-state index in [0.29, 0.717) is 27.9 Å². The van der Waals surface area contributed by atoms with Crippen LogP contribution in [0.3, 0.4) is 0 Å². The average molecular weight is 303 g/mol. The summed E-state index contributed by atoms with van der Waals surface area (Å²) in [6.07, 6.45) is 12.5. The van der Waals surface area contributed by atoms with Crippen LogP contribution in [0.25, 0.3) is 0 Å². The summed E-state index contributed by atoms with van der Waals surface area (Å²) in [5.74, 6) is 3.70. The number of carbonyl (C=O) groups is 1. The monoisotopic (exact) mass is 302 g/mol.